The summed E-state index contributed by atoms with van der Waals surface area (Å²) in [6.07, 6.45) is -8.75. The van der Waals surface area contributed by atoms with Crippen LogP contribution in [0, 0.1) is 0 Å². The topological polar surface area (TPSA) is 60.6 Å². The van der Waals surface area contributed by atoms with Crippen LogP contribution < -0.4 is 20.5 Å². The molecule has 0 bridgehead atoms. The summed E-state index contributed by atoms with van der Waals surface area (Å²) in [6, 6.07) is 31.4. The molecule has 0 aliphatic carbocycles. The van der Waals surface area contributed by atoms with Crippen molar-refractivity contribution in [3.63, 3.8) is 0 Å². The molecule has 0 saturated carbocycles. The zero-order valence-corrected chi connectivity index (χ0v) is 30.9. The number of anilines is 2. The van der Waals surface area contributed by atoms with E-state index >= 15 is 0 Å². The number of benzene rings is 5. The Labute approximate surface area is 324 Å². The minimum absolute atomic E-state index is 0.145. The van der Waals surface area contributed by atoms with Gasteiger partial charge in [0.25, 0.3) is 5.56 Å². The van der Waals surface area contributed by atoms with E-state index in [1.54, 1.807) is 18.1 Å². The third-order valence-electron chi connectivity index (χ3n) is 9.28. The molecule has 1 heterocycles. The number of nitrogens with zero attached hydrogens (tertiary/aromatic N) is 2. The molecule has 13 heteroatoms. The van der Waals surface area contributed by atoms with Gasteiger partial charge in [-0.15, -0.1) is 0 Å². The van der Waals surface area contributed by atoms with Gasteiger partial charge in [0.2, 0.25) is 0 Å². The van der Waals surface area contributed by atoms with Crippen LogP contribution in [0.25, 0.3) is 22.0 Å². The molecule has 5 aromatic carbocycles. The monoisotopic (exact) mass is 790 g/mol. The van der Waals surface area contributed by atoms with Crippen LogP contribution in [-0.2, 0) is 25.4 Å². The van der Waals surface area contributed by atoms with E-state index in [4.69, 9.17) is 16.3 Å². The second-order valence-corrected chi connectivity index (χ2v) is 13.5. The number of fused-ring (bicyclic) bond motifs is 1. The van der Waals surface area contributed by atoms with Gasteiger partial charge in [0.05, 0.1) is 24.1 Å². The Hall–Kier alpha value is -5.88. The molecule has 1 aromatic heterocycles. The van der Waals surface area contributed by atoms with Gasteiger partial charge in [0.15, 0.2) is 0 Å². The van der Waals surface area contributed by atoms with E-state index < -0.39 is 23.5 Å². The quantitative estimate of drug-likeness (QED) is 0.108. The van der Waals surface area contributed by atoms with E-state index in [1.807, 2.05) is 71.6 Å². The summed E-state index contributed by atoms with van der Waals surface area (Å²) < 4.78 is 85.7. The summed E-state index contributed by atoms with van der Waals surface area (Å²) in [5, 5.41) is 4.72. The number of H-pyrrole nitrogens is 1. The number of aromatic amines is 1. The average molecular weight is 791 g/mol. The van der Waals surface area contributed by atoms with Crippen LogP contribution in [0.15, 0.2) is 139 Å². The van der Waals surface area contributed by atoms with Crippen LogP contribution >= 0.6 is 11.6 Å². The predicted molar refractivity (Wildman–Crippen MR) is 209 cm³/mol. The minimum atomic E-state index is -4.56. The number of aromatic nitrogens is 1. The van der Waals surface area contributed by atoms with Gasteiger partial charge in [-0.05, 0) is 113 Å². The Morgan fingerprint density at radius 2 is 1.39 bits per heavy atom. The Morgan fingerprint density at radius 1 is 0.768 bits per heavy atom. The summed E-state index contributed by atoms with van der Waals surface area (Å²) in [7, 11) is 1.57. The van der Waals surface area contributed by atoms with Crippen LogP contribution in [0.5, 0.6) is 5.75 Å². The maximum atomic E-state index is 13.6. The van der Waals surface area contributed by atoms with Gasteiger partial charge in [-0.1, -0.05) is 54.6 Å². The van der Waals surface area contributed by atoms with Gasteiger partial charge in [-0.2, -0.15) is 26.3 Å². The molecule has 290 valence electrons. The van der Waals surface area contributed by atoms with Crippen molar-refractivity contribution in [1.29, 1.82) is 0 Å². The molecule has 0 atom stereocenters. The Kier molecular flexibility index (Phi) is 12.0. The molecule has 2 N–H and O–H groups in total. The fourth-order valence-corrected chi connectivity index (χ4v) is 6.50. The SMILES string of the molecule is C=C(NCc1cccc(OC)c1)N(CCCN(c1ccc(C(F)(F)F)cc1)c1ccc(C(F)(F)F)cc1)Cc1cc2ccc(-c3cccc(Cl)c3)cc2[nH]c1=O. The van der Waals surface area contributed by atoms with E-state index in [0.717, 1.165) is 46.3 Å². The third kappa shape index (κ3) is 9.86. The summed E-state index contributed by atoms with van der Waals surface area (Å²) in [5.41, 5.74) is 2.52. The maximum absolute atomic E-state index is 13.6. The van der Waals surface area contributed by atoms with Gasteiger partial charge >= 0.3 is 12.4 Å². The number of nitrogens with one attached hydrogen (secondary N) is 2. The van der Waals surface area contributed by atoms with Gasteiger partial charge in [0, 0.05) is 53.7 Å². The first-order valence-electron chi connectivity index (χ1n) is 17.5. The van der Waals surface area contributed by atoms with Crippen LogP contribution in [0.4, 0.5) is 37.7 Å². The van der Waals surface area contributed by atoms with Crippen LogP contribution in [0.3, 0.4) is 0 Å². The molecule has 0 saturated heterocycles. The summed E-state index contributed by atoms with van der Waals surface area (Å²) >= 11 is 6.20. The second kappa shape index (κ2) is 16.9. The summed E-state index contributed by atoms with van der Waals surface area (Å²) in [6.45, 7) is 5.31. The van der Waals surface area contributed by atoms with E-state index in [9.17, 15) is 31.1 Å². The number of halogens is 7. The zero-order chi connectivity index (χ0) is 40.0. The molecule has 0 fully saturated rings. The van der Waals surface area contributed by atoms with Crippen molar-refractivity contribution in [3.8, 4) is 16.9 Å². The molecule has 6 nitrogen and oxygen atoms in total. The van der Waals surface area contributed by atoms with Crippen molar-refractivity contribution < 1.29 is 31.1 Å². The fraction of sp³-hybridized carbons (Fsp3) is 0.186. The predicted octanol–water partition coefficient (Wildman–Crippen LogP) is 11.2. The van der Waals surface area contributed by atoms with Crippen molar-refractivity contribution in [2.45, 2.75) is 31.9 Å². The number of hydrogen-bond acceptors (Lipinski definition) is 5. The first kappa shape index (κ1) is 39.8. The largest absolute Gasteiger partial charge is 0.497 e. The zero-order valence-electron chi connectivity index (χ0n) is 30.1. The van der Waals surface area contributed by atoms with E-state index in [2.05, 4.69) is 16.9 Å². The second-order valence-electron chi connectivity index (χ2n) is 13.1. The maximum Gasteiger partial charge on any atom is 0.416 e. The highest BCUT2D eigenvalue weighted by Gasteiger charge is 2.31. The molecule has 56 heavy (non-hydrogen) atoms. The Balaban J connectivity index is 1.27. The average Bonchev–Trinajstić information content (AvgIpc) is 3.17. The summed E-state index contributed by atoms with van der Waals surface area (Å²) in [5.74, 6) is 1.18. The van der Waals surface area contributed by atoms with E-state index in [1.165, 1.54) is 24.3 Å². The van der Waals surface area contributed by atoms with Crippen molar-refractivity contribution in [3.05, 3.63) is 171 Å². The molecule has 0 amide bonds. The van der Waals surface area contributed by atoms with Crippen molar-refractivity contribution in [2.75, 3.05) is 25.1 Å². The lowest BCUT2D eigenvalue weighted by Crippen LogP contribution is -2.34. The van der Waals surface area contributed by atoms with Crippen LogP contribution in [-0.4, -0.2) is 30.1 Å². The third-order valence-corrected chi connectivity index (χ3v) is 9.51. The van der Waals surface area contributed by atoms with Gasteiger partial charge in [-0.3, -0.25) is 4.79 Å². The minimum Gasteiger partial charge on any atom is -0.497 e. The fourth-order valence-electron chi connectivity index (χ4n) is 6.31. The van der Waals surface area contributed by atoms with Crippen molar-refractivity contribution in [2.24, 2.45) is 0 Å². The first-order chi connectivity index (χ1) is 26.7. The van der Waals surface area contributed by atoms with Crippen molar-refractivity contribution in [1.82, 2.24) is 15.2 Å². The van der Waals surface area contributed by atoms with Gasteiger partial charge in [0.1, 0.15) is 5.75 Å². The molecule has 0 radical (unpaired) electrons. The standard InChI is InChI=1S/C43H37ClF6N4O2/c1-28(51-26-29-6-3-9-39(22-29)56-2)53(27-33-23-32-11-10-31(25-40(32)52-41(33)55)30-7-4-8-36(44)24-30)20-5-21-54(37-16-12-34(13-17-37)42(45,46)47)38-18-14-35(15-19-38)43(48,49)50/h3-4,6-19,22-25,51H,1,5,20-21,26-27H2,2H3,(H,52,55). The number of alkyl halides is 6. The summed E-state index contributed by atoms with van der Waals surface area (Å²) in [4.78, 5) is 20.1. The Morgan fingerprint density at radius 3 is 2.00 bits per heavy atom. The smallest absolute Gasteiger partial charge is 0.416 e. The Bertz CT molecular complexity index is 2300. The molecule has 0 aliphatic heterocycles. The van der Waals surface area contributed by atoms with Crippen molar-refractivity contribution >= 4 is 33.9 Å². The van der Waals surface area contributed by atoms with E-state index in [-0.39, 0.29) is 18.6 Å². The molecular weight excluding hydrogens is 754 g/mol. The highest BCUT2D eigenvalue weighted by Crippen LogP contribution is 2.35. The lowest BCUT2D eigenvalue weighted by atomic mass is 10.0. The number of hydrogen-bond donors (Lipinski definition) is 2. The van der Waals surface area contributed by atoms with Crippen LogP contribution in [0.1, 0.15) is 28.7 Å². The first-order valence-corrected chi connectivity index (χ1v) is 17.9. The number of ether oxygens (including phenoxy) is 1. The number of rotatable bonds is 14. The lowest BCUT2D eigenvalue weighted by molar-refractivity contribution is -0.138. The lowest BCUT2D eigenvalue weighted by Gasteiger charge is -2.30. The molecule has 0 unspecified atom stereocenters. The highest BCUT2D eigenvalue weighted by molar-refractivity contribution is 6.30. The number of methoxy groups -OCH3 is 1. The molecule has 0 spiro atoms. The van der Waals surface area contributed by atoms with E-state index in [0.29, 0.717) is 58.6 Å². The molecule has 0 aliphatic rings. The van der Waals surface area contributed by atoms with Gasteiger partial charge < -0.3 is 24.8 Å². The molecule has 6 rings (SSSR count). The molecular formula is C43H37ClF6N4O2. The highest BCUT2D eigenvalue weighted by atomic mass is 35.5. The number of pyridine rings is 1. The normalized spacial score (nSPS) is 11.7. The molecule has 6 aromatic rings. The van der Waals surface area contributed by atoms with Gasteiger partial charge in [-0.25, -0.2) is 0 Å². The van der Waals surface area contributed by atoms with Crippen LogP contribution in [0.2, 0.25) is 5.02 Å².